The molecule has 0 fully saturated rings. The molecule has 0 saturated carbocycles. The van der Waals surface area contributed by atoms with E-state index in [1.54, 1.807) is 12.1 Å². The van der Waals surface area contributed by atoms with Crippen molar-refractivity contribution in [3.63, 3.8) is 0 Å². The van der Waals surface area contributed by atoms with E-state index < -0.39 is 6.17 Å². The van der Waals surface area contributed by atoms with E-state index in [0.717, 1.165) is 17.0 Å². The van der Waals surface area contributed by atoms with Crippen LogP contribution in [0.5, 0.6) is 0 Å². The highest BCUT2D eigenvalue weighted by Crippen LogP contribution is 2.31. The van der Waals surface area contributed by atoms with Crippen LogP contribution in [0.3, 0.4) is 0 Å². The zero-order valence-corrected chi connectivity index (χ0v) is 15.0. The summed E-state index contributed by atoms with van der Waals surface area (Å²) in [5, 5.41) is 6.38. The maximum Gasteiger partial charge on any atom is 0.264 e. The molecule has 0 spiro atoms. The summed E-state index contributed by atoms with van der Waals surface area (Å²) in [5.41, 5.74) is 2.55. The third kappa shape index (κ3) is 3.45. The number of hydrogen-bond acceptors (Lipinski definition) is 3. The van der Waals surface area contributed by atoms with Gasteiger partial charge < -0.3 is 15.5 Å². The van der Waals surface area contributed by atoms with Crippen molar-refractivity contribution in [1.82, 2.24) is 15.5 Å². The van der Waals surface area contributed by atoms with Gasteiger partial charge in [0.15, 0.2) is 6.17 Å². The van der Waals surface area contributed by atoms with Crippen LogP contribution in [0.4, 0.5) is 4.39 Å². The van der Waals surface area contributed by atoms with E-state index in [1.165, 1.54) is 12.1 Å². The van der Waals surface area contributed by atoms with E-state index in [2.05, 4.69) is 31.4 Å². The molecule has 25 heavy (non-hydrogen) atoms. The van der Waals surface area contributed by atoms with Gasteiger partial charge >= 0.3 is 0 Å². The molecule has 1 aromatic carbocycles. The zero-order valence-electron chi connectivity index (χ0n) is 15.0. The van der Waals surface area contributed by atoms with Crippen molar-refractivity contribution in [2.24, 2.45) is 5.41 Å². The van der Waals surface area contributed by atoms with Gasteiger partial charge in [-0.3, -0.25) is 4.79 Å². The fourth-order valence-corrected chi connectivity index (χ4v) is 2.72. The predicted octanol–water partition coefficient (Wildman–Crippen LogP) is 3.36. The average Bonchev–Trinajstić information content (AvgIpc) is 2.94. The van der Waals surface area contributed by atoms with Crippen LogP contribution in [-0.4, -0.2) is 23.0 Å². The Kier molecular flexibility index (Phi) is 4.41. The number of hydrogen-bond donors (Lipinski definition) is 2. The molecule has 1 amide bonds. The molecule has 2 atom stereocenters. The van der Waals surface area contributed by atoms with E-state index in [4.69, 9.17) is 0 Å². The Morgan fingerprint density at radius 3 is 2.56 bits per heavy atom. The number of rotatable bonds is 3. The third-order valence-corrected chi connectivity index (χ3v) is 4.74. The van der Waals surface area contributed by atoms with Crippen molar-refractivity contribution in [3.8, 4) is 0 Å². The van der Waals surface area contributed by atoms with Crippen molar-refractivity contribution in [2.75, 3.05) is 0 Å². The van der Waals surface area contributed by atoms with Crippen molar-refractivity contribution in [3.05, 3.63) is 65.8 Å². The Balaban J connectivity index is 1.85. The third-order valence-electron chi connectivity index (χ3n) is 4.74. The van der Waals surface area contributed by atoms with Crippen LogP contribution in [0.25, 0.3) is 5.70 Å². The van der Waals surface area contributed by atoms with Gasteiger partial charge in [-0.2, -0.15) is 0 Å². The Labute approximate surface area is 148 Å². The lowest BCUT2D eigenvalue weighted by Gasteiger charge is -2.31. The molecule has 2 aliphatic rings. The van der Waals surface area contributed by atoms with Gasteiger partial charge in [0.25, 0.3) is 5.91 Å². The molecule has 2 unspecified atom stereocenters. The van der Waals surface area contributed by atoms with Gasteiger partial charge in [-0.15, -0.1) is 0 Å². The largest absolute Gasteiger partial charge is 0.355 e. The lowest BCUT2D eigenvalue weighted by molar-refractivity contribution is -0.126. The van der Waals surface area contributed by atoms with E-state index in [9.17, 15) is 9.18 Å². The topological polar surface area (TPSA) is 44.4 Å². The first-order chi connectivity index (χ1) is 11.8. The highest BCUT2D eigenvalue weighted by molar-refractivity contribution is 5.87. The summed E-state index contributed by atoms with van der Waals surface area (Å²) in [4.78, 5) is 14.7. The van der Waals surface area contributed by atoms with Crippen LogP contribution in [0.1, 0.15) is 33.3 Å². The van der Waals surface area contributed by atoms with Crippen LogP contribution >= 0.6 is 0 Å². The normalized spacial score (nSPS) is 20.4. The summed E-state index contributed by atoms with van der Waals surface area (Å²) >= 11 is 0. The number of fused-ring (bicyclic) bond motifs is 1. The summed E-state index contributed by atoms with van der Waals surface area (Å²) in [6, 6.07) is 6.31. The van der Waals surface area contributed by atoms with Crippen LogP contribution < -0.4 is 10.6 Å². The summed E-state index contributed by atoms with van der Waals surface area (Å²) in [6.45, 7) is 8.29. The Morgan fingerprint density at radius 2 is 1.92 bits per heavy atom. The molecular formula is C20H24FN3O. The molecular weight excluding hydrogens is 317 g/mol. The summed E-state index contributed by atoms with van der Waals surface area (Å²) in [6.07, 6.45) is 7.12. The van der Waals surface area contributed by atoms with Crippen molar-refractivity contribution < 1.29 is 9.18 Å². The predicted molar refractivity (Wildman–Crippen MR) is 97.4 cm³/mol. The van der Waals surface area contributed by atoms with Crippen LogP contribution in [0.2, 0.25) is 0 Å². The minimum Gasteiger partial charge on any atom is -0.355 e. The fourth-order valence-electron chi connectivity index (χ4n) is 2.72. The highest BCUT2D eigenvalue weighted by atomic mass is 19.1. The Bertz CT molecular complexity index is 756. The van der Waals surface area contributed by atoms with Gasteiger partial charge in [-0.05, 0) is 54.3 Å². The van der Waals surface area contributed by atoms with E-state index >= 15 is 0 Å². The van der Waals surface area contributed by atoms with Crippen molar-refractivity contribution in [1.29, 1.82) is 0 Å². The molecule has 2 aliphatic heterocycles. The molecule has 4 nitrogen and oxygen atoms in total. The van der Waals surface area contributed by atoms with Crippen LogP contribution in [0, 0.1) is 11.2 Å². The number of nitrogens with zero attached hydrogens (tertiary/aromatic N) is 1. The lowest BCUT2D eigenvalue weighted by atomic mass is 9.88. The fraction of sp³-hybridized carbons (Fsp3) is 0.350. The van der Waals surface area contributed by atoms with Crippen molar-refractivity contribution in [2.45, 2.75) is 39.9 Å². The molecule has 132 valence electrons. The van der Waals surface area contributed by atoms with E-state index in [-0.39, 0.29) is 23.2 Å². The molecule has 2 N–H and O–H groups in total. The molecule has 3 rings (SSSR count). The second-order valence-electron chi connectivity index (χ2n) is 7.52. The second-order valence-corrected chi connectivity index (χ2v) is 7.52. The number of carbonyl (C=O) groups excluding carboxylic acids is 1. The maximum atomic E-state index is 13.2. The molecule has 0 aromatic heterocycles. The van der Waals surface area contributed by atoms with Crippen LogP contribution in [0.15, 0.2) is 54.4 Å². The first-order valence-electron chi connectivity index (χ1n) is 8.48. The molecule has 5 heteroatoms. The smallest absolute Gasteiger partial charge is 0.264 e. The number of benzene rings is 1. The minimum atomic E-state index is -0.527. The Hall–Kier alpha value is -2.56. The number of halogens is 1. The maximum absolute atomic E-state index is 13.2. The van der Waals surface area contributed by atoms with Crippen LogP contribution in [-0.2, 0) is 4.79 Å². The van der Waals surface area contributed by atoms with Gasteiger partial charge in [0.05, 0.1) is 11.4 Å². The van der Waals surface area contributed by atoms with Gasteiger partial charge in [-0.25, -0.2) is 4.39 Å². The number of carbonyl (C=O) groups is 1. The average molecular weight is 341 g/mol. The molecule has 1 aromatic rings. The first kappa shape index (κ1) is 17.3. The van der Waals surface area contributed by atoms with E-state index in [1.807, 2.05) is 36.3 Å². The van der Waals surface area contributed by atoms with Gasteiger partial charge in [-0.1, -0.05) is 26.8 Å². The second kappa shape index (κ2) is 6.39. The monoisotopic (exact) mass is 341 g/mol. The number of nitrogens with one attached hydrogen (secondary N) is 2. The molecule has 0 bridgehead atoms. The highest BCUT2D eigenvalue weighted by Gasteiger charge is 2.36. The van der Waals surface area contributed by atoms with Gasteiger partial charge in [0.1, 0.15) is 5.82 Å². The number of allylic oxidation sites excluding steroid dienone is 3. The zero-order chi connectivity index (χ0) is 18.2. The quantitative estimate of drug-likeness (QED) is 0.886. The SMILES string of the molecule is CC(NC(=O)C1NC(c2ccc(F)cc2)=C2C=CC=CN21)C(C)(C)C. The minimum absolute atomic E-state index is 0.0258. The molecule has 0 aliphatic carbocycles. The number of amides is 1. The van der Waals surface area contributed by atoms with E-state index in [0.29, 0.717) is 0 Å². The summed E-state index contributed by atoms with van der Waals surface area (Å²) in [5.74, 6) is -0.367. The summed E-state index contributed by atoms with van der Waals surface area (Å²) in [7, 11) is 0. The Morgan fingerprint density at radius 1 is 1.24 bits per heavy atom. The molecule has 0 saturated heterocycles. The first-order valence-corrected chi connectivity index (χ1v) is 8.48. The lowest BCUT2D eigenvalue weighted by Crippen LogP contribution is -2.52. The van der Waals surface area contributed by atoms with Gasteiger partial charge in [0, 0.05) is 12.2 Å². The molecule has 0 radical (unpaired) electrons. The molecule has 2 heterocycles. The van der Waals surface area contributed by atoms with Crippen molar-refractivity contribution >= 4 is 11.6 Å². The van der Waals surface area contributed by atoms with Gasteiger partial charge in [0.2, 0.25) is 0 Å². The summed E-state index contributed by atoms with van der Waals surface area (Å²) < 4.78 is 13.2. The standard InChI is InChI=1S/C20H24FN3O/c1-13(20(2,3)4)22-19(25)18-23-17(14-8-10-15(21)11-9-14)16-7-5-6-12-24(16)18/h5-13,18,23H,1-4H3,(H,22,25).